The largest absolute Gasteiger partial charge is 0.456 e. The van der Waals surface area contributed by atoms with Crippen molar-refractivity contribution in [3.63, 3.8) is 0 Å². The van der Waals surface area contributed by atoms with Crippen molar-refractivity contribution >= 4 is 35.1 Å². The van der Waals surface area contributed by atoms with Crippen molar-refractivity contribution in [2.75, 3.05) is 28.2 Å². The molecular weight excluding hydrogens is 619 g/mol. The standard InChI is InChI=1S/C38H52Cl2N2O4/c1-35(2,25-31(41(5)6)37(21-9-22-37)27-11-15-29(39)16-12-27)45-33(43)19-20-34(44)46-36(3,4)26-32(42(7)8)38(23-10-24-38)28-13-17-30(40)18-14-28/h11-20,31-32H,9-10,21-26H2,1-8H3/b20-19-. The molecule has 2 aliphatic carbocycles. The topological polar surface area (TPSA) is 59.1 Å². The highest BCUT2D eigenvalue weighted by atomic mass is 35.5. The van der Waals surface area contributed by atoms with Crippen molar-refractivity contribution < 1.29 is 19.1 Å². The maximum absolute atomic E-state index is 13.0. The number of carbonyl (C=O) groups is 2. The van der Waals surface area contributed by atoms with Crippen LogP contribution < -0.4 is 0 Å². The van der Waals surface area contributed by atoms with Gasteiger partial charge in [0.2, 0.25) is 0 Å². The van der Waals surface area contributed by atoms with Gasteiger partial charge in [0.1, 0.15) is 11.2 Å². The van der Waals surface area contributed by atoms with Crippen LogP contribution >= 0.6 is 23.2 Å². The molecule has 0 saturated heterocycles. The molecule has 0 aromatic heterocycles. The van der Waals surface area contributed by atoms with E-state index in [4.69, 9.17) is 32.7 Å². The lowest BCUT2D eigenvalue weighted by Crippen LogP contribution is -2.55. The third-order valence-corrected chi connectivity index (χ3v) is 10.8. The summed E-state index contributed by atoms with van der Waals surface area (Å²) in [7, 11) is 8.33. The zero-order valence-electron chi connectivity index (χ0n) is 28.9. The molecule has 2 fully saturated rings. The zero-order chi connectivity index (χ0) is 33.9. The fraction of sp³-hybridized carbons (Fsp3) is 0.579. The maximum Gasteiger partial charge on any atom is 0.331 e. The molecule has 0 aliphatic heterocycles. The highest BCUT2D eigenvalue weighted by molar-refractivity contribution is 6.30. The van der Waals surface area contributed by atoms with E-state index in [2.05, 4.69) is 62.3 Å². The monoisotopic (exact) mass is 670 g/mol. The van der Waals surface area contributed by atoms with E-state index < -0.39 is 23.1 Å². The van der Waals surface area contributed by atoms with Gasteiger partial charge in [0, 0.05) is 58.0 Å². The second kappa shape index (κ2) is 14.4. The zero-order valence-corrected chi connectivity index (χ0v) is 30.4. The van der Waals surface area contributed by atoms with Crippen molar-refractivity contribution in [2.45, 2.75) is 113 Å². The summed E-state index contributed by atoms with van der Waals surface area (Å²) >= 11 is 12.4. The number of esters is 2. The lowest BCUT2D eigenvalue weighted by molar-refractivity contribution is -0.156. The molecule has 6 nitrogen and oxygen atoms in total. The minimum atomic E-state index is -0.758. The second-order valence-electron chi connectivity index (χ2n) is 15.1. The van der Waals surface area contributed by atoms with E-state index in [1.165, 1.54) is 23.3 Å². The van der Waals surface area contributed by atoms with Gasteiger partial charge in [0.15, 0.2) is 0 Å². The number of rotatable bonds is 14. The number of halogens is 2. The van der Waals surface area contributed by atoms with E-state index in [9.17, 15) is 9.59 Å². The van der Waals surface area contributed by atoms with Gasteiger partial charge in [-0.15, -0.1) is 0 Å². The summed E-state index contributed by atoms with van der Waals surface area (Å²) in [5, 5.41) is 1.45. The Balaban J connectivity index is 1.38. The van der Waals surface area contributed by atoms with E-state index in [1.54, 1.807) is 0 Å². The Morgan fingerprint density at radius 3 is 1.22 bits per heavy atom. The molecule has 2 aromatic rings. The molecule has 0 radical (unpaired) electrons. The van der Waals surface area contributed by atoms with E-state index in [1.807, 2.05) is 52.0 Å². The average Bonchev–Trinajstić information content (AvgIpc) is 2.91. The van der Waals surface area contributed by atoms with Crippen LogP contribution in [0.15, 0.2) is 60.7 Å². The van der Waals surface area contributed by atoms with Crippen LogP contribution in [-0.4, -0.2) is 73.2 Å². The van der Waals surface area contributed by atoms with Gasteiger partial charge in [-0.25, -0.2) is 9.59 Å². The first-order valence-corrected chi connectivity index (χ1v) is 17.2. The molecule has 2 aliphatic rings. The van der Waals surface area contributed by atoms with Crippen molar-refractivity contribution in [1.82, 2.24) is 9.80 Å². The molecule has 2 aromatic carbocycles. The quantitative estimate of drug-likeness (QED) is 0.149. The molecule has 0 bridgehead atoms. The number of likely N-dealkylation sites (N-methyl/N-ethyl adjacent to an activating group) is 2. The van der Waals surface area contributed by atoms with Gasteiger partial charge in [-0.2, -0.15) is 0 Å². The van der Waals surface area contributed by atoms with Crippen molar-refractivity contribution in [3.05, 3.63) is 81.9 Å². The van der Waals surface area contributed by atoms with Crippen molar-refractivity contribution in [1.29, 1.82) is 0 Å². The fourth-order valence-electron chi connectivity index (χ4n) is 7.82. The molecule has 0 N–H and O–H groups in total. The van der Waals surface area contributed by atoms with Crippen molar-refractivity contribution in [2.24, 2.45) is 0 Å². The number of ether oxygens (including phenoxy) is 2. The summed E-state index contributed by atoms with van der Waals surface area (Å²) in [4.78, 5) is 30.4. The highest BCUT2D eigenvalue weighted by Gasteiger charge is 2.49. The Bertz CT molecular complexity index is 1270. The molecule has 46 heavy (non-hydrogen) atoms. The Morgan fingerprint density at radius 1 is 0.674 bits per heavy atom. The number of carbonyl (C=O) groups excluding carboxylic acids is 2. The number of nitrogens with zero attached hydrogens (tertiary/aromatic N) is 2. The highest BCUT2D eigenvalue weighted by Crippen LogP contribution is 2.51. The molecule has 2 saturated carbocycles. The Kier molecular flexibility index (Phi) is 11.4. The Morgan fingerprint density at radius 2 is 0.978 bits per heavy atom. The number of benzene rings is 2. The molecular formula is C38H52Cl2N2O4. The van der Waals surface area contributed by atoms with Crippen LogP contribution in [0.1, 0.15) is 90.2 Å². The number of hydrogen-bond acceptors (Lipinski definition) is 6. The molecule has 2 atom stereocenters. The fourth-order valence-corrected chi connectivity index (χ4v) is 8.07. The van der Waals surface area contributed by atoms with E-state index >= 15 is 0 Å². The first-order chi connectivity index (χ1) is 21.5. The molecule has 2 unspecified atom stereocenters. The van der Waals surface area contributed by atoms with E-state index in [0.29, 0.717) is 12.8 Å². The summed E-state index contributed by atoms with van der Waals surface area (Å²) in [6.45, 7) is 7.74. The predicted octanol–water partition coefficient (Wildman–Crippen LogP) is 8.38. The molecule has 0 spiro atoms. The van der Waals surface area contributed by atoms with Gasteiger partial charge in [-0.3, -0.25) is 0 Å². The van der Waals surface area contributed by atoms with Crippen LogP contribution in [0, 0.1) is 0 Å². The first kappa shape index (κ1) is 36.5. The predicted molar refractivity (Wildman–Crippen MR) is 188 cm³/mol. The summed E-state index contributed by atoms with van der Waals surface area (Å²) < 4.78 is 11.9. The van der Waals surface area contributed by atoms with Crippen LogP contribution in [0.25, 0.3) is 0 Å². The minimum absolute atomic E-state index is 0.0287. The average molecular weight is 672 g/mol. The van der Waals surface area contributed by atoms with Crippen LogP contribution in [-0.2, 0) is 29.9 Å². The van der Waals surface area contributed by atoms with E-state index in [-0.39, 0.29) is 22.9 Å². The lowest BCUT2D eigenvalue weighted by Gasteiger charge is -2.52. The van der Waals surface area contributed by atoms with Gasteiger partial charge in [-0.05, 0) is 117 Å². The Hall–Kier alpha value is -2.38. The summed E-state index contributed by atoms with van der Waals surface area (Å²) in [5.41, 5.74) is 0.959. The van der Waals surface area contributed by atoms with Crippen LogP contribution in [0.3, 0.4) is 0 Å². The minimum Gasteiger partial charge on any atom is -0.456 e. The summed E-state index contributed by atoms with van der Waals surface area (Å²) in [5.74, 6) is -1.12. The Labute approximate surface area is 286 Å². The third-order valence-electron chi connectivity index (χ3n) is 10.3. The molecule has 8 heteroatoms. The smallest absolute Gasteiger partial charge is 0.331 e. The van der Waals surface area contributed by atoms with Crippen molar-refractivity contribution in [3.8, 4) is 0 Å². The lowest BCUT2D eigenvalue weighted by atomic mass is 9.58. The number of hydrogen-bond donors (Lipinski definition) is 0. The van der Waals surface area contributed by atoms with Crippen LogP contribution in [0.5, 0.6) is 0 Å². The molecule has 0 heterocycles. The first-order valence-electron chi connectivity index (χ1n) is 16.5. The van der Waals surface area contributed by atoms with Gasteiger partial charge in [0.25, 0.3) is 0 Å². The molecule has 0 amide bonds. The van der Waals surface area contributed by atoms with Gasteiger partial charge in [0.05, 0.1) is 0 Å². The third kappa shape index (κ3) is 8.36. The molecule has 4 rings (SSSR count). The van der Waals surface area contributed by atoms with Crippen LogP contribution in [0.2, 0.25) is 10.0 Å². The van der Waals surface area contributed by atoms with Gasteiger partial charge in [-0.1, -0.05) is 60.3 Å². The van der Waals surface area contributed by atoms with E-state index in [0.717, 1.165) is 48.6 Å². The summed E-state index contributed by atoms with van der Waals surface area (Å²) in [6, 6.07) is 16.6. The van der Waals surface area contributed by atoms with Gasteiger partial charge >= 0.3 is 11.9 Å². The maximum atomic E-state index is 13.0. The van der Waals surface area contributed by atoms with Gasteiger partial charge < -0.3 is 19.3 Å². The SMILES string of the molecule is CN(C)C(CC(C)(C)OC(=O)/C=C\C(=O)OC(C)(C)CC(N(C)C)C1(c2ccc(Cl)cc2)CCC1)C1(c2ccc(Cl)cc2)CCC1. The molecule has 252 valence electrons. The summed E-state index contributed by atoms with van der Waals surface area (Å²) in [6.07, 6.45) is 10.2. The normalized spacial score (nSPS) is 19.0. The second-order valence-corrected chi connectivity index (χ2v) is 16.0. The van der Waals surface area contributed by atoms with Crippen LogP contribution in [0.4, 0.5) is 0 Å².